The maximum atomic E-state index is 9.14. The van der Waals surface area contributed by atoms with Crippen molar-refractivity contribution in [3.63, 3.8) is 0 Å². The second kappa shape index (κ2) is 8.99. The Morgan fingerprint density at radius 3 is 1.86 bits per heavy atom. The number of halogens is 1. The summed E-state index contributed by atoms with van der Waals surface area (Å²) in [5.41, 5.74) is 0. The molecule has 1 unspecified atom stereocenters. The van der Waals surface area contributed by atoms with Gasteiger partial charge in [0.1, 0.15) is 12.6 Å². The van der Waals surface area contributed by atoms with E-state index < -0.39 is 5.97 Å². The molecular formula is C9H19ClNO3-. The molecule has 0 aromatic heterocycles. The van der Waals surface area contributed by atoms with Crippen LogP contribution in [0.5, 0.6) is 0 Å². The van der Waals surface area contributed by atoms with E-state index in [-0.39, 0.29) is 18.5 Å². The van der Waals surface area contributed by atoms with Crippen molar-refractivity contribution in [2.75, 3.05) is 27.7 Å². The Hall–Kier alpha value is -0.580. The standard InChI is InChI=1S/C6H16NO.C3H4O2.ClH/c1-6(8)5-7(2,3)4;1-2-3(4)5;/h6,8H,5H2,1-4H3;2H,1H2,(H,4,5);1H/q+1;;/p-2. The van der Waals surface area contributed by atoms with Gasteiger partial charge < -0.3 is 31.9 Å². The number of carboxylic acid groups (broad SMARTS) is 1. The van der Waals surface area contributed by atoms with Crippen molar-refractivity contribution in [2.24, 2.45) is 0 Å². The summed E-state index contributed by atoms with van der Waals surface area (Å²) in [5, 5.41) is 18.0. The zero-order chi connectivity index (χ0) is 11.1. The first-order valence-electron chi connectivity index (χ1n) is 4.01. The fourth-order valence-corrected chi connectivity index (χ4v) is 0.793. The third kappa shape index (κ3) is 30.1. The highest BCUT2D eigenvalue weighted by Gasteiger charge is 2.09. The zero-order valence-electron chi connectivity index (χ0n) is 9.16. The van der Waals surface area contributed by atoms with Crippen molar-refractivity contribution >= 4 is 5.97 Å². The number of aliphatic carboxylic acids is 1. The smallest absolute Gasteiger partial charge is 0.104 e. The van der Waals surface area contributed by atoms with Crippen molar-refractivity contribution in [1.29, 1.82) is 0 Å². The molecule has 1 N–H and O–H groups in total. The zero-order valence-corrected chi connectivity index (χ0v) is 9.91. The van der Waals surface area contributed by atoms with Gasteiger partial charge in [-0.25, -0.2) is 0 Å². The van der Waals surface area contributed by atoms with E-state index >= 15 is 0 Å². The summed E-state index contributed by atoms with van der Waals surface area (Å²) in [7, 11) is 6.19. The van der Waals surface area contributed by atoms with Crippen LogP contribution in [0.25, 0.3) is 0 Å². The molecule has 4 nitrogen and oxygen atoms in total. The van der Waals surface area contributed by atoms with E-state index in [1.54, 1.807) is 0 Å². The topological polar surface area (TPSA) is 60.4 Å². The Morgan fingerprint density at radius 1 is 1.57 bits per heavy atom. The fraction of sp³-hybridized carbons (Fsp3) is 0.667. The lowest BCUT2D eigenvalue weighted by Crippen LogP contribution is -3.00. The molecule has 0 aliphatic heterocycles. The lowest BCUT2D eigenvalue weighted by molar-refractivity contribution is -0.873. The second-order valence-corrected chi connectivity index (χ2v) is 3.85. The average Bonchev–Trinajstić information content (AvgIpc) is 1.83. The number of hydrogen-bond acceptors (Lipinski definition) is 3. The minimum atomic E-state index is -1.23. The summed E-state index contributed by atoms with van der Waals surface area (Å²) in [6.45, 7) is 5.53. The predicted molar refractivity (Wildman–Crippen MR) is 49.8 cm³/mol. The summed E-state index contributed by atoms with van der Waals surface area (Å²) in [4.78, 5) is 9.14. The first-order chi connectivity index (χ1) is 5.69. The van der Waals surface area contributed by atoms with Gasteiger partial charge in [0.15, 0.2) is 0 Å². The van der Waals surface area contributed by atoms with Gasteiger partial charge in [-0.3, -0.25) is 0 Å². The van der Waals surface area contributed by atoms with E-state index in [9.17, 15) is 0 Å². The maximum Gasteiger partial charge on any atom is 0.104 e. The van der Waals surface area contributed by atoms with Crippen LogP contribution in [0.15, 0.2) is 12.7 Å². The van der Waals surface area contributed by atoms with E-state index in [0.717, 1.165) is 17.1 Å². The van der Waals surface area contributed by atoms with Crippen molar-refractivity contribution in [3.8, 4) is 0 Å². The highest BCUT2D eigenvalue weighted by molar-refractivity contribution is 5.76. The summed E-state index contributed by atoms with van der Waals surface area (Å²) < 4.78 is 0.831. The minimum Gasteiger partial charge on any atom is -1.00 e. The van der Waals surface area contributed by atoms with Gasteiger partial charge in [0.25, 0.3) is 0 Å². The number of carboxylic acids is 1. The van der Waals surface area contributed by atoms with Crippen LogP contribution in [0.3, 0.4) is 0 Å². The SMILES string of the molecule is C=CC(=O)[O-].CC(O)C[N+](C)(C)C.[Cl-]. The quantitative estimate of drug-likeness (QED) is 0.393. The van der Waals surface area contributed by atoms with Gasteiger partial charge in [-0.05, 0) is 13.0 Å². The Morgan fingerprint density at radius 2 is 1.86 bits per heavy atom. The number of quaternary nitrogens is 1. The van der Waals surface area contributed by atoms with Gasteiger partial charge in [-0.2, -0.15) is 0 Å². The van der Waals surface area contributed by atoms with E-state index in [0.29, 0.717) is 0 Å². The Kier molecular flexibility index (Phi) is 12.2. The van der Waals surface area contributed by atoms with Crippen LogP contribution in [0.4, 0.5) is 0 Å². The third-order valence-corrected chi connectivity index (χ3v) is 0.979. The van der Waals surface area contributed by atoms with Crippen LogP contribution in [-0.4, -0.2) is 49.4 Å². The average molecular weight is 225 g/mol. The second-order valence-electron chi connectivity index (χ2n) is 3.85. The molecule has 0 spiro atoms. The number of likely N-dealkylation sites (N-methyl/N-ethyl adjacent to an activating group) is 1. The van der Waals surface area contributed by atoms with Crippen molar-refractivity contribution in [1.82, 2.24) is 0 Å². The Bertz CT molecular complexity index is 164. The number of aliphatic hydroxyl groups excluding tert-OH is 1. The molecule has 1 atom stereocenters. The molecule has 0 heterocycles. The summed E-state index contributed by atoms with van der Waals surface area (Å²) in [6.07, 6.45) is 0.537. The molecule has 0 aromatic rings. The van der Waals surface area contributed by atoms with Crippen molar-refractivity contribution in [2.45, 2.75) is 13.0 Å². The minimum absolute atomic E-state index is 0. The number of carbonyl (C=O) groups excluding carboxylic acids is 1. The van der Waals surface area contributed by atoms with Crippen LogP contribution in [0, 0.1) is 0 Å². The summed E-state index contributed by atoms with van der Waals surface area (Å²) >= 11 is 0. The van der Waals surface area contributed by atoms with Crippen LogP contribution < -0.4 is 17.5 Å². The monoisotopic (exact) mass is 224 g/mol. The van der Waals surface area contributed by atoms with E-state index in [4.69, 9.17) is 15.0 Å². The van der Waals surface area contributed by atoms with Crippen molar-refractivity contribution < 1.29 is 31.9 Å². The van der Waals surface area contributed by atoms with Gasteiger partial charge >= 0.3 is 0 Å². The van der Waals surface area contributed by atoms with Crippen LogP contribution in [0.2, 0.25) is 0 Å². The van der Waals surface area contributed by atoms with E-state index in [1.165, 1.54) is 0 Å². The molecular weight excluding hydrogens is 206 g/mol. The number of hydrogen-bond donors (Lipinski definition) is 1. The van der Waals surface area contributed by atoms with Gasteiger partial charge in [-0.15, -0.1) is 0 Å². The van der Waals surface area contributed by atoms with Gasteiger partial charge in [0, 0.05) is 0 Å². The van der Waals surface area contributed by atoms with E-state index in [1.807, 2.05) is 6.92 Å². The number of rotatable bonds is 3. The lowest BCUT2D eigenvalue weighted by atomic mass is 10.3. The molecule has 0 saturated heterocycles. The molecule has 0 aliphatic carbocycles. The van der Waals surface area contributed by atoms with E-state index in [2.05, 4.69) is 27.7 Å². The van der Waals surface area contributed by atoms with Gasteiger partial charge in [0.2, 0.25) is 0 Å². The van der Waals surface area contributed by atoms with Gasteiger partial charge in [-0.1, -0.05) is 6.58 Å². The first-order valence-corrected chi connectivity index (χ1v) is 4.01. The lowest BCUT2D eigenvalue weighted by Gasteiger charge is -2.24. The molecule has 0 bridgehead atoms. The predicted octanol–water partition coefficient (Wildman–Crippen LogP) is -4.00. The molecule has 14 heavy (non-hydrogen) atoms. The molecule has 0 rings (SSSR count). The summed E-state index contributed by atoms with van der Waals surface area (Å²) in [6, 6.07) is 0. The number of aliphatic hydroxyl groups is 1. The molecule has 0 fully saturated rings. The Balaban J connectivity index is -0.000000177. The molecule has 0 radical (unpaired) electrons. The molecule has 0 aliphatic rings. The number of nitrogens with zero attached hydrogens (tertiary/aromatic N) is 1. The summed E-state index contributed by atoms with van der Waals surface area (Å²) in [5.74, 6) is -1.23. The van der Waals surface area contributed by atoms with Gasteiger partial charge in [0.05, 0.1) is 27.1 Å². The largest absolute Gasteiger partial charge is 1.00 e. The number of carbonyl (C=O) groups is 1. The highest BCUT2D eigenvalue weighted by Crippen LogP contribution is 1.92. The normalized spacial score (nSPS) is 11.5. The highest BCUT2D eigenvalue weighted by atomic mass is 35.5. The van der Waals surface area contributed by atoms with Crippen LogP contribution >= 0.6 is 0 Å². The van der Waals surface area contributed by atoms with Crippen LogP contribution in [-0.2, 0) is 4.79 Å². The third-order valence-electron chi connectivity index (χ3n) is 0.979. The Labute approximate surface area is 91.8 Å². The molecule has 0 aromatic carbocycles. The first kappa shape index (κ1) is 19.1. The van der Waals surface area contributed by atoms with Crippen molar-refractivity contribution in [3.05, 3.63) is 12.7 Å². The molecule has 0 saturated carbocycles. The molecule has 0 amide bonds. The fourth-order valence-electron chi connectivity index (χ4n) is 0.793. The molecule has 86 valence electrons. The molecule has 5 heteroatoms. The van der Waals surface area contributed by atoms with Crippen LogP contribution in [0.1, 0.15) is 6.92 Å². The maximum absolute atomic E-state index is 9.14.